The third-order valence-electron chi connectivity index (χ3n) is 2.03. The minimum Gasteiger partial charge on any atom is -0.478 e. The fourth-order valence-electron chi connectivity index (χ4n) is 1.24. The molecule has 0 aliphatic rings. The van der Waals surface area contributed by atoms with Crippen LogP contribution in [0.2, 0.25) is 0 Å². The van der Waals surface area contributed by atoms with Crippen LogP contribution >= 0.6 is 11.3 Å². The first-order valence-electron chi connectivity index (χ1n) is 5.24. The lowest BCUT2D eigenvalue weighted by atomic mass is 10.4. The molecule has 2 heterocycles. The Morgan fingerprint density at radius 1 is 1.26 bits per heavy atom. The molecule has 0 atom stereocenters. The Morgan fingerprint density at radius 3 is 2.68 bits per heavy atom. The first-order valence-corrected chi connectivity index (χ1v) is 6.06. The molecule has 2 aromatic heterocycles. The maximum Gasteiger partial charge on any atom is 0.328 e. The Kier molecular flexibility index (Phi) is 3.99. The van der Waals surface area contributed by atoms with Crippen LogP contribution in [-0.4, -0.2) is 27.0 Å². The quantitative estimate of drug-likeness (QED) is 0.831. The van der Waals surface area contributed by atoms with Crippen LogP contribution in [0.5, 0.6) is 0 Å². The van der Waals surface area contributed by atoms with Gasteiger partial charge in [0.15, 0.2) is 0 Å². The first kappa shape index (κ1) is 12.9. The van der Waals surface area contributed by atoms with Crippen LogP contribution in [0, 0.1) is 0 Å². The number of hydrogen-bond acceptors (Lipinski definition) is 5. The average molecular weight is 275 g/mol. The summed E-state index contributed by atoms with van der Waals surface area (Å²) in [5.74, 6) is -1.13. The Morgan fingerprint density at radius 2 is 2.00 bits per heavy atom. The standard InChI is InChI=1S/C12H9N3O3S/c16-10(17)5-3-8-2-4-9(19-8)11(18)15-12-13-6-1-7-14-12/h1-7H,(H,16,17)(H,13,14,15,18)/b5-3+. The summed E-state index contributed by atoms with van der Waals surface area (Å²) in [6.45, 7) is 0. The Balaban J connectivity index is 2.06. The zero-order valence-corrected chi connectivity index (χ0v) is 10.4. The summed E-state index contributed by atoms with van der Waals surface area (Å²) < 4.78 is 0. The molecule has 6 nitrogen and oxygen atoms in total. The summed E-state index contributed by atoms with van der Waals surface area (Å²) in [5, 5.41) is 11.1. The number of aromatic nitrogens is 2. The fraction of sp³-hybridized carbons (Fsp3) is 0. The van der Waals surface area contributed by atoms with Crippen LogP contribution in [0.4, 0.5) is 5.95 Å². The van der Waals surface area contributed by atoms with E-state index in [-0.39, 0.29) is 11.9 Å². The number of hydrogen-bond donors (Lipinski definition) is 2. The summed E-state index contributed by atoms with van der Waals surface area (Å²) in [6, 6.07) is 4.94. The fourth-order valence-corrected chi connectivity index (χ4v) is 2.05. The Bertz CT molecular complexity index is 622. The van der Waals surface area contributed by atoms with Gasteiger partial charge in [-0.25, -0.2) is 14.8 Å². The van der Waals surface area contributed by atoms with Gasteiger partial charge in [0.1, 0.15) is 0 Å². The van der Waals surface area contributed by atoms with Crippen molar-refractivity contribution in [3.63, 3.8) is 0 Å². The van der Waals surface area contributed by atoms with Crippen LogP contribution in [0.25, 0.3) is 6.08 Å². The Labute approximate surface area is 112 Å². The van der Waals surface area contributed by atoms with E-state index < -0.39 is 5.97 Å². The monoisotopic (exact) mass is 275 g/mol. The molecule has 0 aromatic carbocycles. The molecule has 0 aliphatic carbocycles. The van der Waals surface area contributed by atoms with Crippen molar-refractivity contribution in [3.8, 4) is 0 Å². The number of carbonyl (C=O) groups excluding carboxylic acids is 1. The summed E-state index contributed by atoms with van der Waals surface area (Å²) >= 11 is 1.18. The minimum absolute atomic E-state index is 0.225. The van der Waals surface area contributed by atoms with Gasteiger partial charge in [0.2, 0.25) is 5.95 Å². The number of carboxylic acids is 1. The normalized spacial score (nSPS) is 10.5. The van der Waals surface area contributed by atoms with Crippen LogP contribution in [0.15, 0.2) is 36.7 Å². The lowest BCUT2D eigenvalue weighted by molar-refractivity contribution is -0.131. The molecule has 2 N–H and O–H groups in total. The third-order valence-corrected chi connectivity index (χ3v) is 3.08. The first-order chi connectivity index (χ1) is 9.15. The molecular weight excluding hydrogens is 266 g/mol. The maximum atomic E-state index is 11.8. The van der Waals surface area contributed by atoms with Crippen molar-refractivity contribution in [2.75, 3.05) is 5.32 Å². The van der Waals surface area contributed by atoms with Crippen molar-refractivity contribution >= 4 is 35.2 Å². The number of aliphatic carboxylic acids is 1. The van der Waals surface area contributed by atoms with E-state index in [0.717, 1.165) is 6.08 Å². The van der Waals surface area contributed by atoms with Crippen LogP contribution in [-0.2, 0) is 4.79 Å². The SMILES string of the molecule is O=C(O)/C=C/c1ccc(C(=O)Nc2ncccn2)s1. The predicted molar refractivity (Wildman–Crippen MR) is 71.0 cm³/mol. The molecule has 0 fully saturated rings. The molecule has 0 saturated heterocycles. The number of carbonyl (C=O) groups is 2. The van der Waals surface area contributed by atoms with Crippen molar-refractivity contribution in [3.05, 3.63) is 46.4 Å². The second-order valence-electron chi connectivity index (χ2n) is 3.40. The highest BCUT2D eigenvalue weighted by Gasteiger charge is 2.09. The lowest BCUT2D eigenvalue weighted by Gasteiger charge is -1.99. The van der Waals surface area contributed by atoms with Gasteiger partial charge in [0.05, 0.1) is 4.88 Å². The number of anilines is 1. The number of amides is 1. The van der Waals surface area contributed by atoms with Crippen molar-refractivity contribution in [1.29, 1.82) is 0 Å². The van der Waals surface area contributed by atoms with E-state index in [0.29, 0.717) is 9.75 Å². The number of nitrogens with zero attached hydrogens (tertiary/aromatic N) is 2. The highest BCUT2D eigenvalue weighted by molar-refractivity contribution is 7.15. The van der Waals surface area contributed by atoms with Gasteiger partial charge < -0.3 is 5.11 Å². The molecule has 7 heteroatoms. The second kappa shape index (κ2) is 5.87. The topological polar surface area (TPSA) is 92.2 Å². The molecule has 2 rings (SSSR count). The lowest BCUT2D eigenvalue weighted by Crippen LogP contribution is -2.12. The molecule has 0 radical (unpaired) electrons. The van der Waals surface area contributed by atoms with Crippen molar-refractivity contribution in [2.45, 2.75) is 0 Å². The molecular formula is C12H9N3O3S. The maximum absolute atomic E-state index is 11.8. The molecule has 0 spiro atoms. The third kappa shape index (κ3) is 3.71. The van der Waals surface area contributed by atoms with Gasteiger partial charge in [-0.3, -0.25) is 10.1 Å². The van der Waals surface area contributed by atoms with E-state index >= 15 is 0 Å². The molecule has 0 bridgehead atoms. The highest BCUT2D eigenvalue weighted by atomic mass is 32.1. The van der Waals surface area contributed by atoms with Gasteiger partial charge in [-0.05, 0) is 24.3 Å². The number of rotatable bonds is 4. The molecule has 96 valence electrons. The summed E-state index contributed by atoms with van der Waals surface area (Å²) in [6.07, 6.45) is 5.51. The van der Waals surface area contributed by atoms with Crippen LogP contribution < -0.4 is 5.32 Å². The zero-order chi connectivity index (χ0) is 13.7. The molecule has 19 heavy (non-hydrogen) atoms. The zero-order valence-electron chi connectivity index (χ0n) is 9.61. The van der Waals surface area contributed by atoms with Gasteiger partial charge >= 0.3 is 5.97 Å². The second-order valence-corrected chi connectivity index (χ2v) is 4.52. The van der Waals surface area contributed by atoms with E-state index in [9.17, 15) is 9.59 Å². The smallest absolute Gasteiger partial charge is 0.328 e. The number of carboxylic acid groups (broad SMARTS) is 1. The van der Waals surface area contributed by atoms with Crippen LogP contribution in [0.3, 0.4) is 0 Å². The van der Waals surface area contributed by atoms with Gasteiger partial charge in [-0.2, -0.15) is 0 Å². The van der Waals surface area contributed by atoms with E-state index in [1.165, 1.54) is 29.8 Å². The van der Waals surface area contributed by atoms with Gasteiger partial charge in [0.25, 0.3) is 5.91 Å². The summed E-state index contributed by atoms with van der Waals surface area (Å²) in [4.78, 5) is 31.1. The largest absolute Gasteiger partial charge is 0.478 e. The van der Waals surface area contributed by atoms with Gasteiger partial charge in [-0.1, -0.05) is 0 Å². The van der Waals surface area contributed by atoms with Gasteiger partial charge in [-0.15, -0.1) is 11.3 Å². The average Bonchev–Trinajstić information content (AvgIpc) is 2.86. The molecule has 0 saturated carbocycles. The summed E-state index contributed by atoms with van der Waals surface area (Å²) in [5.41, 5.74) is 0. The molecule has 1 amide bonds. The predicted octanol–water partition coefficient (Wildman–Crippen LogP) is 1.89. The molecule has 0 unspecified atom stereocenters. The minimum atomic E-state index is -1.03. The molecule has 2 aromatic rings. The Hall–Kier alpha value is -2.54. The van der Waals surface area contributed by atoms with E-state index in [1.807, 2.05) is 0 Å². The van der Waals surface area contributed by atoms with Crippen molar-refractivity contribution in [2.24, 2.45) is 0 Å². The molecule has 0 aliphatic heterocycles. The number of nitrogens with one attached hydrogen (secondary N) is 1. The van der Waals surface area contributed by atoms with E-state index in [2.05, 4.69) is 15.3 Å². The van der Waals surface area contributed by atoms with Crippen molar-refractivity contribution < 1.29 is 14.7 Å². The highest BCUT2D eigenvalue weighted by Crippen LogP contribution is 2.18. The van der Waals surface area contributed by atoms with E-state index in [4.69, 9.17) is 5.11 Å². The summed E-state index contributed by atoms with van der Waals surface area (Å²) in [7, 11) is 0. The van der Waals surface area contributed by atoms with Crippen LogP contribution in [0.1, 0.15) is 14.5 Å². The van der Waals surface area contributed by atoms with E-state index in [1.54, 1.807) is 18.2 Å². The van der Waals surface area contributed by atoms with Gasteiger partial charge in [0, 0.05) is 23.3 Å². The number of thiophene rings is 1. The van der Waals surface area contributed by atoms with Crippen molar-refractivity contribution in [1.82, 2.24) is 9.97 Å².